The number of aryl methyl sites for hydroxylation is 3. The number of thiophene rings is 1. The van der Waals surface area contributed by atoms with Gasteiger partial charge in [0.05, 0.1) is 27.5 Å². The minimum Gasteiger partial charge on any atom is -0.324 e. The van der Waals surface area contributed by atoms with Gasteiger partial charge in [-0.3, -0.25) is 14.2 Å². The van der Waals surface area contributed by atoms with Crippen molar-refractivity contribution < 1.29 is 4.79 Å². The number of fused-ring (bicyclic) bond motifs is 1. The molecule has 32 heavy (non-hydrogen) atoms. The van der Waals surface area contributed by atoms with E-state index in [2.05, 4.69) is 5.32 Å². The fourth-order valence-electron chi connectivity index (χ4n) is 3.27. The third-order valence-electron chi connectivity index (χ3n) is 4.97. The molecule has 0 saturated carbocycles. The number of halogens is 2. The highest BCUT2D eigenvalue weighted by Gasteiger charge is 2.19. The zero-order valence-corrected chi connectivity index (χ0v) is 20.7. The fraction of sp³-hybridized carbons (Fsp3) is 0.174. The van der Waals surface area contributed by atoms with E-state index in [1.807, 2.05) is 45.0 Å². The van der Waals surface area contributed by atoms with E-state index >= 15 is 0 Å². The van der Waals surface area contributed by atoms with Crippen LogP contribution in [-0.4, -0.2) is 21.2 Å². The van der Waals surface area contributed by atoms with Gasteiger partial charge in [-0.05, 0) is 62.2 Å². The van der Waals surface area contributed by atoms with Crippen LogP contribution in [0.2, 0.25) is 10.0 Å². The Labute approximate surface area is 203 Å². The minimum atomic E-state index is -0.261. The topological polar surface area (TPSA) is 64.0 Å². The van der Waals surface area contributed by atoms with Crippen molar-refractivity contribution in [3.63, 3.8) is 0 Å². The second kappa shape index (κ2) is 9.27. The summed E-state index contributed by atoms with van der Waals surface area (Å²) in [5.41, 5.74) is 3.03. The number of aromatic nitrogens is 2. The Hall–Kier alpha value is -2.32. The number of nitrogens with zero attached hydrogens (tertiary/aromatic N) is 2. The van der Waals surface area contributed by atoms with Gasteiger partial charge in [-0.1, -0.05) is 47.1 Å². The molecule has 1 amide bonds. The quantitative estimate of drug-likeness (QED) is 0.252. The molecule has 0 fully saturated rings. The number of rotatable bonds is 5. The van der Waals surface area contributed by atoms with Gasteiger partial charge in [-0.15, -0.1) is 11.3 Å². The lowest BCUT2D eigenvalue weighted by Crippen LogP contribution is -2.23. The van der Waals surface area contributed by atoms with E-state index in [1.54, 1.807) is 22.8 Å². The van der Waals surface area contributed by atoms with Crippen molar-refractivity contribution in [2.24, 2.45) is 0 Å². The van der Waals surface area contributed by atoms with E-state index in [0.717, 1.165) is 21.7 Å². The van der Waals surface area contributed by atoms with Gasteiger partial charge < -0.3 is 5.32 Å². The first-order valence-electron chi connectivity index (χ1n) is 9.72. The molecule has 0 aliphatic carbocycles. The Morgan fingerprint density at radius 1 is 1.16 bits per heavy atom. The summed E-state index contributed by atoms with van der Waals surface area (Å²) in [7, 11) is 0. The number of carbonyl (C=O) groups is 1. The second-order valence-corrected chi connectivity index (χ2v) is 10.3. The molecule has 2 aromatic carbocycles. The molecule has 0 unspecified atom stereocenters. The number of hydrogen-bond donors (Lipinski definition) is 1. The summed E-state index contributed by atoms with van der Waals surface area (Å²) in [5, 5.41) is 4.71. The molecule has 4 rings (SSSR count). The molecule has 0 atom stereocenters. The average Bonchev–Trinajstić information content (AvgIpc) is 3.02. The summed E-state index contributed by atoms with van der Waals surface area (Å²) >= 11 is 14.8. The van der Waals surface area contributed by atoms with Gasteiger partial charge in [0.2, 0.25) is 5.91 Å². The number of nitrogens with one attached hydrogen (secondary N) is 1. The van der Waals surface area contributed by atoms with Gasteiger partial charge >= 0.3 is 0 Å². The number of hydrogen-bond acceptors (Lipinski definition) is 5. The lowest BCUT2D eigenvalue weighted by atomic mass is 10.2. The summed E-state index contributed by atoms with van der Waals surface area (Å²) in [6, 6.07) is 12.5. The molecule has 2 heterocycles. The van der Waals surface area contributed by atoms with Crippen molar-refractivity contribution in [2.45, 2.75) is 25.9 Å². The molecule has 164 valence electrons. The lowest BCUT2D eigenvalue weighted by Gasteiger charge is -2.13. The minimum absolute atomic E-state index is 0.0616. The largest absolute Gasteiger partial charge is 0.324 e. The van der Waals surface area contributed by atoms with Gasteiger partial charge in [0, 0.05) is 9.90 Å². The van der Waals surface area contributed by atoms with Gasteiger partial charge in [0.1, 0.15) is 4.83 Å². The molecule has 0 bridgehead atoms. The zero-order valence-electron chi connectivity index (χ0n) is 17.5. The zero-order chi connectivity index (χ0) is 23.0. The average molecular weight is 504 g/mol. The lowest BCUT2D eigenvalue weighted by molar-refractivity contribution is -0.113. The standard InChI is InChI=1S/C23H19Cl2N3O2S2/c1-12-5-4-6-16(9-12)28-22(30)20-13(2)14(3)32-21(20)27-23(28)31-11-19(29)26-18-8-7-15(24)10-17(18)25/h4-10H,11H2,1-3H3,(H,26,29). The van der Waals surface area contributed by atoms with Crippen LogP contribution in [0.15, 0.2) is 52.4 Å². The molecule has 0 aliphatic rings. The molecule has 0 saturated heterocycles. The van der Waals surface area contributed by atoms with Gasteiger partial charge in [0.25, 0.3) is 5.56 Å². The van der Waals surface area contributed by atoms with E-state index < -0.39 is 0 Å². The first kappa shape index (κ1) is 22.9. The van der Waals surface area contributed by atoms with Crippen molar-refractivity contribution in [3.05, 3.63) is 78.9 Å². The van der Waals surface area contributed by atoms with Crippen LogP contribution in [0.5, 0.6) is 0 Å². The Morgan fingerprint density at radius 3 is 2.66 bits per heavy atom. The van der Waals surface area contributed by atoms with Crippen molar-refractivity contribution in [1.82, 2.24) is 9.55 Å². The number of benzene rings is 2. The maximum absolute atomic E-state index is 13.5. The number of anilines is 1. The third kappa shape index (κ3) is 4.57. The highest BCUT2D eigenvalue weighted by molar-refractivity contribution is 7.99. The smallest absolute Gasteiger partial charge is 0.267 e. The fourth-order valence-corrected chi connectivity index (χ4v) is 5.61. The van der Waals surface area contributed by atoms with Crippen LogP contribution in [0.3, 0.4) is 0 Å². The van der Waals surface area contributed by atoms with Crippen molar-refractivity contribution in [3.8, 4) is 5.69 Å². The Kier molecular flexibility index (Phi) is 6.62. The molecular formula is C23H19Cl2N3O2S2. The first-order chi connectivity index (χ1) is 15.2. The molecule has 0 radical (unpaired) electrons. The van der Waals surface area contributed by atoms with Crippen LogP contribution in [0.4, 0.5) is 5.69 Å². The molecular weight excluding hydrogens is 485 g/mol. The number of carbonyl (C=O) groups excluding carboxylic acids is 1. The molecule has 0 aliphatic heterocycles. The van der Waals surface area contributed by atoms with Gasteiger partial charge in [-0.2, -0.15) is 0 Å². The highest BCUT2D eigenvalue weighted by atomic mass is 35.5. The molecule has 4 aromatic rings. The highest BCUT2D eigenvalue weighted by Crippen LogP contribution is 2.30. The Bertz CT molecular complexity index is 1410. The van der Waals surface area contributed by atoms with E-state index in [4.69, 9.17) is 28.2 Å². The van der Waals surface area contributed by atoms with Crippen molar-refractivity contribution in [1.29, 1.82) is 0 Å². The van der Waals surface area contributed by atoms with Crippen molar-refractivity contribution in [2.75, 3.05) is 11.1 Å². The van der Waals surface area contributed by atoms with Crippen LogP contribution in [-0.2, 0) is 4.79 Å². The SMILES string of the molecule is Cc1cccc(-n2c(SCC(=O)Nc3ccc(Cl)cc3Cl)nc3sc(C)c(C)c3c2=O)c1. The molecule has 9 heteroatoms. The van der Waals surface area contributed by atoms with E-state index in [0.29, 0.717) is 31.1 Å². The normalized spacial score (nSPS) is 11.2. The maximum atomic E-state index is 13.5. The predicted molar refractivity (Wildman–Crippen MR) is 135 cm³/mol. The number of amides is 1. The Balaban J connectivity index is 1.70. The molecule has 0 spiro atoms. The van der Waals surface area contributed by atoms with Crippen LogP contribution >= 0.6 is 46.3 Å². The maximum Gasteiger partial charge on any atom is 0.267 e. The third-order valence-corrected chi connectivity index (χ3v) is 7.56. The van der Waals surface area contributed by atoms with E-state index in [-0.39, 0.29) is 17.2 Å². The molecule has 2 aromatic heterocycles. The summed E-state index contributed by atoms with van der Waals surface area (Å²) in [4.78, 5) is 32.6. The Morgan fingerprint density at radius 2 is 1.94 bits per heavy atom. The van der Waals surface area contributed by atoms with Crippen LogP contribution < -0.4 is 10.9 Å². The van der Waals surface area contributed by atoms with Crippen molar-refractivity contribution >= 4 is 68.1 Å². The van der Waals surface area contributed by atoms with E-state index in [1.165, 1.54) is 23.1 Å². The summed E-state index contributed by atoms with van der Waals surface area (Å²) < 4.78 is 1.59. The van der Waals surface area contributed by atoms with E-state index in [9.17, 15) is 9.59 Å². The van der Waals surface area contributed by atoms with Crippen LogP contribution in [0, 0.1) is 20.8 Å². The first-order valence-corrected chi connectivity index (χ1v) is 12.3. The second-order valence-electron chi connectivity index (χ2n) is 7.30. The van der Waals surface area contributed by atoms with Gasteiger partial charge in [-0.25, -0.2) is 4.98 Å². The van der Waals surface area contributed by atoms with Gasteiger partial charge in [0.15, 0.2) is 5.16 Å². The monoisotopic (exact) mass is 503 g/mol. The van der Waals surface area contributed by atoms with Crippen LogP contribution in [0.25, 0.3) is 15.9 Å². The summed E-state index contributed by atoms with van der Waals surface area (Å²) in [5.74, 6) is -0.200. The molecule has 5 nitrogen and oxygen atoms in total. The van der Waals surface area contributed by atoms with Crippen LogP contribution in [0.1, 0.15) is 16.0 Å². The number of thioether (sulfide) groups is 1. The molecule has 1 N–H and O–H groups in total. The summed E-state index contributed by atoms with van der Waals surface area (Å²) in [6.07, 6.45) is 0. The summed E-state index contributed by atoms with van der Waals surface area (Å²) in [6.45, 7) is 5.89. The predicted octanol–water partition coefficient (Wildman–Crippen LogP) is 6.41.